The molecule has 11 heteroatoms. The van der Waals surface area contributed by atoms with Gasteiger partial charge in [-0.2, -0.15) is 0 Å². The maximum absolute atomic E-state index is 14.7. The summed E-state index contributed by atoms with van der Waals surface area (Å²) in [6.07, 6.45) is 0.971. The van der Waals surface area contributed by atoms with Gasteiger partial charge in [0.25, 0.3) is 0 Å². The van der Waals surface area contributed by atoms with Crippen LogP contribution in [0.15, 0.2) is 60.8 Å². The first-order chi connectivity index (χ1) is 18.6. The Labute approximate surface area is 222 Å². The lowest BCUT2D eigenvalue weighted by atomic mass is 10.1. The molecule has 3 rings (SSSR count). The number of anilines is 1. The zero-order valence-corrected chi connectivity index (χ0v) is 21.4. The topological polar surface area (TPSA) is 75.3 Å². The van der Waals surface area contributed by atoms with Crippen molar-refractivity contribution >= 4 is 23.6 Å². The van der Waals surface area contributed by atoms with Gasteiger partial charge in [-0.1, -0.05) is 12.2 Å². The molecule has 0 aliphatic heterocycles. The predicted molar refractivity (Wildman–Crippen MR) is 138 cm³/mol. The minimum absolute atomic E-state index is 0.0781. The zero-order valence-electron chi connectivity index (χ0n) is 21.4. The lowest BCUT2D eigenvalue weighted by Gasteiger charge is -2.13. The fourth-order valence-electron chi connectivity index (χ4n) is 3.54. The molecule has 0 unspecified atom stereocenters. The van der Waals surface area contributed by atoms with Crippen LogP contribution in [0.25, 0.3) is 12.2 Å². The van der Waals surface area contributed by atoms with E-state index in [2.05, 4.69) is 10.1 Å². The lowest BCUT2D eigenvalue weighted by molar-refractivity contribution is -0.274. The Kier molecular flexibility index (Phi) is 9.43. The standard InChI is InChI=1S/C28H25F4NO6/c1-35-24-15-18(16-25(36-2)27(24)38-4)6-5-17-13-21(29)26(37-3)22(14-17)33-12-11-23(34)19-7-9-20(10-8-19)39-28(30,31)32/h5-16,33H,1-4H3. The third kappa shape index (κ3) is 7.67. The third-order valence-electron chi connectivity index (χ3n) is 5.27. The number of hydrogen-bond donors (Lipinski definition) is 1. The van der Waals surface area contributed by atoms with Gasteiger partial charge in [-0.05, 0) is 59.7 Å². The van der Waals surface area contributed by atoms with Crippen molar-refractivity contribution in [3.05, 3.63) is 83.3 Å². The summed E-state index contributed by atoms with van der Waals surface area (Å²) in [6.45, 7) is 0. The van der Waals surface area contributed by atoms with E-state index in [0.717, 1.165) is 18.2 Å². The average Bonchev–Trinajstić information content (AvgIpc) is 2.90. The van der Waals surface area contributed by atoms with E-state index in [1.807, 2.05) is 0 Å². The van der Waals surface area contributed by atoms with Gasteiger partial charge in [0.2, 0.25) is 5.75 Å². The summed E-state index contributed by atoms with van der Waals surface area (Å²) in [5, 5.41) is 2.81. The van der Waals surface area contributed by atoms with Crippen LogP contribution in [0.5, 0.6) is 28.7 Å². The summed E-state index contributed by atoms with van der Waals surface area (Å²) in [5.74, 6) is -0.324. The van der Waals surface area contributed by atoms with Crippen LogP contribution in [-0.4, -0.2) is 40.6 Å². The van der Waals surface area contributed by atoms with Crippen LogP contribution in [0.4, 0.5) is 23.2 Å². The normalized spacial score (nSPS) is 11.5. The van der Waals surface area contributed by atoms with Gasteiger partial charge in [-0.3, -0.25) is 4.79 Å². The Bertz CT molecular complexity index is 1340. The van der Waals surface area contributed by atoms with E-state index in [-0.39, 0.29) is 17.0 Å². The molecule has 0 aliphatic carbocycles. The molecule has 206 valence electrons. The fourth-order valence-corrected chi connectivity index (χ4v) is 3.54. The van der Waals surface area contributed by atoms with Crippen molar-refractivity contribution in [2.24, 2.45) is 0 Å². The molecule has 0 aromatic heterocycles. The fraction of sp³-hybridized carbons (Fsp3) is 0.179. The molecule has 0 heterocycles. The van der Waals surface area contributed by atoms with Crippen LogP contribution in [0.1, 0.15) is 21.5 Å². The lowest BCUT2D eigenvalue weighted by Crippen LogP contribution is -2.17. The SMILES string of the molecule is COc1cc(C=Cc2cc(F)c(OC)c(NC=CC(=O)c3ccc(OC(F)(F)F)cc3)c2)cc(OC)c1OC. The summed E-state index contributed by atoms with van der Waals surface area (Å²) in [4.78, 5) is 12.4. The van der Waals surface area contributed by atoms with Crippen molar-refractivity contribution in [2.75, 3.05) is 33.8 Å². The minimum Gasteiger partial charge on any atom is -0.493 e. The van der Waals surface area contributed by atoms with Crippen LogP contribution in [0, 0.1) is 5.82 Å². The zero-order chi connectivity index (χ0) is 28.6. The maximum Gasteiger partial charge on any atom is 0.573 e. The average molecular weight is 548 g/mol. The molecule has 0 aliphatic rings. The van der Waals surface area contributed by atoms with Crippen LogP contribution in [0.3, 0.4) is 0 Å². The highest BCUT2D eigenvalue weighted by Crippen LogP contribution is 2.39. The van der Waals surface area contributed by atoms with Gasteiger partial charge < -0.3 is 29.0 Å². The Morgan fingerprint density at radius 3 is 1.87 bits per heavy atom. The number of allylic oxidation sites excluding steroid dienone is 1. The molecule has 39 heavy (non-hydrogen) atoms. The number of nitrogens with one attached hydrogen (secondary N) is 1. The maximum atomic E-state index is 14.7. The van der Waals surface area contributed by atoms with Gasteiger partial charge in [0, 0.05) is 17.8 Å². The molecule has 0 radical (unpaired) electrons. The summed E-state index contributed by atoms with van der Waals surface area (Å²) in [5.41, 5.74) is 1.54. The number of alkyl halides is 3. The first-order valence-corrected chi connectivity index (χ1v) is 11.3. The van der Waals surface area contributed by atoms with Gasteiger partial charge in [0.05, 0.1) is 34.1 Å². The third-order valence-corrected chi connectivity index (χ3v) is 5.27. The second-order valence-electron chi connectivity index (χ2n) is 7.79. The first kappa shape index (κ1) is 28.9. The molecular weight excluding hydrogens is 522 g/mol. The molecule has 7 nitrogen and oxygen atoms in total. The molecule has 0 saturated carbocycles. The van der Waals surface area contributed by atoms with Crippen molar-refractivity contribution in [2.45, 2.75) is 6.36 Å². The number of benzene rings is 3. The molecule has 0 spiro atoms. The van der Waals surface area contributed by atoms with Crippen molar-refractivity contribution in [1.29, 1.82) is 0 Å². The highest BCUT2D eigenvalue weighted by Gasteiger charge is 2.31. The summed E-state index contributed by atoms with van der Waals surface area (Å²) in [7, 11) is 5.79. The molecule has 0 atom stereocenters. The van der Waals surface area contributed by atoms with E-state index in [1.165, 1.54) is 52.8 Å². The second-order valence-corrected chi connectivity index (χ2v) is 7.79. The highest BCUT2D eigenvalue weighted by atomic mass is 19.4. The first-order valence-electron chi connectivity index (χ1n) is 11.3. The summed E-state index contributed by atoms with van der Waals surface area (Å²) < 4.78 is 76.6. The van der Waals surface area contributed by atoms with Crippen molar-refractivity contribution in [1.82, 2.24) is 0 Å². The minimum atomic E-state index is -4.83. The van der Waals surface area contributed by atoms with Crippen molar-refractivity contribution in [3.63, 3.8) is 0 Å². The smallest absolute Gasteiger partial charge is 0.493 e. The van der Waals surface area contributed by atoms with Gasteiger partial charge in [0.1, 0.15) is 5.75 Å². The van der Waals surface area contributed by atoms with E-state index >= 15 is 0 Å². The molecule has 0 saturated heterocycles. The van der Waals surface area contributed by atoms with Crippen LogP contribution in [-0.2, 0) is 0 Å². The monoisotopic (exact) mass is 547 g/mol. The van der Waals surface area contributed by atoms with E-state index in [1.54, 1.807) is 30.4 Å². The summed E-state index contributed by atoms with van der Waals surface area (Å²) in [6, 6.07) is 10.8. The number of rotatable bonds is 11. The highest BCUT2D eigenvalue weighted by molar-refractivity contribution is 6.04. The van der Waals surface area contributed by atoms with Gasteiger partial charge in [-0.25, -0.2) is 4.39 Å². The van der Waals surface area contributed by atoms with Crippen molar-refractivity contribution < 1.29 is 46.0 Å². The Morgan fingerprint density at radius 1 is 0.795 bits per heavy atom. The van der Waals surface area contributed by atoms with Crippen LogP contribution in [0.2, 0.25) is 0 Å². The number of ether oxygens (including phenoxy) is 5. The Morgan fingerprint density at radius 2 is 1.36 bits per heavy atom. The number of halogens is 4. The number of carbonyl (C=O) groups excluding carboxylic acids is 1. The Hall–Kier alpha value is -4.67. The molecule has 3 aromatic carbocycles. The Balaban J connectivity index is 1.79. The van der Waals surface area contributed by atoms with E-state index in [4.69, 9.17) is 18.9 Å². The van der Waals surface area contributed by atoms with Crippen LogP contribution >= 0.6 is 0 Å². The van der Waals surface area contributed by atoms with E-state index < -0.39 is 23.7 Å². The number of ketones is 1. The number of hydrogen-bond acceptors (Lipinski definition) is 7. The molecule has 0 amide bonds. The van der Waals surface area contributed by atoms with Gasteiger partial charge in [-0.15, -0.1) is 13.2 Å². The van der Waals surface area contributed by atoms with Gasteiger partial charge in [0.15, 0.2) is 28.8 Å². The molecule has 0 fully saturated rings. The number of carbonyl (C=O) groups is 1. The largest absolute Gasteiger partial charge is 0.573 e. The molecule has 3 aromatic rings. The number of methoxy groups -OCH3 is 4. The molecule has 1 N–H and O–H groups in total. The van der Waals surface area contributed by atoms with E-state index in [9.17, 15) is 22.4 Å². The van der Waals surface area contributed by atoms with Crippen LogP contribution < -0.4 is 29.0 Å². The van der Waals surface area contributed by atoms with Crippen molar-refractivity contribution in [3.8, 4) is 28.7 Å². The second kappa shape index (κ2) is 12.7. The predicted octanol–water partition coefficient (Wildman–Crippen LogP) is 6.74. The summed E-state index contributed by atoms with van der Waals surface area (Å²) >= 11 is 0. The molecule has 0 bridgehead atoms. The van der Waals surface area contributed by atoms with Gasteiger partial charge >= 0.3 is 6.36 Å². The van der Waals surface area contributed by atoms with E-state index in [0.29, 0.717) is 28.4 Å². The molecular formula is C28H25F4NO6. The quantitative estimate of drug-likeness (QED) is 0.123.